The van der Waals surface area contributed by atoms with Crippen molar-refractivity contribution in [2.45, 2.75) is 19.5 Å². The Bertz CT molecular complexity index is 532. The van der Waals surface area contributed by atoms with Crippen LogP contribution in [-0.2, 0) is 22.1 Å². The number of phenolic OH excluding ortho intramolecular Hbond substituents is 1. The summed E-state index contributed by atoms with van der Waals surface area (Å²) in [5.74, 6) is -1.36. The molecule has 0 radical (unpaired) electrons. The van der Waals surface area contributed by atoms with E-state index in [4.69, 9.17) is 5.26 Å². The van der Waals surface area contributed by atoms with E-state index in [0.29, 0.717) is 6.07 Å². The molecule has 0 fully saturated rings. The van der Waals surface area contributed by atoms with E-state index in [1.54, 1.807) is 0 Å². The van der Waals surface area contributed by atoms with Gasteiger partial charge in [-0.1, -0.05) is 0 Å². The Labute approximate surface area is 107 Å². The van der Waals surface area contributed by atoms with Gasteiger partial charge in [-0.15, -0.1) is 0 Å². The fourth-order valence-electron chi connectivity index (χ4n) is 1.54. The summed E-state index contributed by atoms with van der Waals surface area (Å²) in [4.78, 5) is 11.3. The molecule has 0 amide bonds. The Balaban J connectivity index is 3.31. The van der Waals surface area contributed by atoms with Crippen molar-refractivity contribution in [1.82, 2.24) is 0 Å². The van der Waals surface area contributed by atoms with Crippen molar-refractivity contribution < 1.29 is 27.8 Å². The van der Waals surface area contributed by atoms with Gasteiger partial charge in [-0.2, -0.15) is 18.4 Å². The number of nitriles is 1. The summed E-state index contributed by atoms with van der Waals surface area (Å²) < 4.78 is 42.6. The Hall–Kier alpha value is -2.23. The highest BCUT2D eigenvalue weighted by Gasteiger charge is 2.35. The Morgan fingerprint density at radius 3 is 2.58 bits per heavy atom. The second kappa shape index (κ2) is 5.61. The van der Waals surface area contributed by atoms with Gasteiger partial charge in [0.15, 0.2) is 0 Å². The standard InChI is InChI=1S/C12H10F3NO3/c1-2-19-11(18)5-7-8(6-16)9(12(13,14)15)3-4-10(7)17/h3-4,17H,2,5H2,1H3. The number of aromatic hydroxyl groups is 1. The minimum absolute atomic E-state index is 0.0560. The lowest BCUT2D eigenvalue weighted by Gasteiger charge is -2.13. The summed E-state index contributed by atoms with van der Waals surface area (Å²) in [5.41, 5.74) is -2.33. The van der Waals surface area contributed by atoms with E-state index in [0.717, 1.165) is 6.07 Å². The van der Waals surface area contributed by atoms with Gasteiger partial charge < -0.3 is 9.84 Å². The van der Waals surface area contributed by atoms with Gasteiger partial charge in [0.2, 0.25) is 0 Å². The van der Waals surface area contributed by atoms with E-state index in [-0.39, 0.29) is 12.2 Å². The average Bonchev–Trinajstić information content (AvgIpc) is 2.30. The van der Waals surface area contributed by atoms with Crippen LogP contribution in [0.15, 0.2) is 12.1 Å². The molecule has 19 heavy (non-hydrogen) atoms. The summed E-state index contributed by atoms with van der Waals surface area (Å²) in [6, 6.07) is 2.77. The Morgan fingerprint density at radius 2 is 2.11 bits per heavy atom. The molecule has 0 aromatic heterocycles. The number of rotatable bonds is 3. The molecule has 0 saturated heterocycles. The van der Waals surface area contributed by atoms with E-state index in [1.807, 2.05) is 0 Å². The molecule has 0 saturated carbocycles. The molecule has 0 spiro atoms. The van der Waals surface area contributed by atoms with Crippen molar-refractivity contribution in [2.24, 2.45) is 0 Å². The minimum Gasteiger partial charge on any atom is -0.508 e. The predicted octanol–water partition coefficient (Wildman–Crippen LogP) is 2.39. The molecular formula is C12H10F3NO3. The van der Waals surface area contributed by atoms with Crippen LogP contribution in [-0.4, -0.2) is 17.7 Å². The molecule has 7 heteroatoms. The van der Waals surface area contributed by atoms with E-state index in [9.17, 15) is 23.1 Å². The third-order valence-electron chi connectivity index (χ3n) is 2.33. The van der Waals surface area contributed by atoms with Crippen LogP contribution < -0.4 is 0 Å². The number of nitrogens with zero attached hydrogens (tertiary/aromatic N) is 1. The summed E-state index contributed by atoms with van der Waals surface area (Å²) in [7, 11) is 0. The maximum atomic E-state index is 12.7. The van der Waals surface area contributed by atoms with Crippen molar-refractivity contribution in [3.05, 3.63) is 28.8 Å². The molecule has 0 aliphatic rings. The Morgan fingerprint density at radius 1 is 1.47 bits per heavy atom. The number of hydrogen-bond acceptors (Lipinski definition) is 4. The first kappa shape index (κ1) is 14.8. The largest absolute Gasteiger partial charge is 0.508 e. The number of halogens is 3. The van der Waals surface area contributed by atoms with Crippen LogP contribution >= 0.6 is 0 Å². The summed E-state index contributed by atoms with van der Waals surface area (Å²) >= 11 is 0. The van der Waals surface area contributed by atoms with Crippen LogP contribution in [0.4, 0.5) is 13.2 Å². The number of carbonyl (C=O) groups is 1. The van der Waals surface area contributed by atoms with Crippen molar-refractivity contribution in [3.63, 3.8) is 0 Å². The first-order valence-corrected chi connectivity index (χ1v) is 5.29. The van der Waals surface area contributed by atoms with Gasteiger partial charge in [-0.05, 0) is 19.1 Å². The molecular weight excluding hydrogens is 263 g/mol. The van der Waals surface area contributed by atoms with Gasteiger partial charge in [0.05, 0.1) is 24.2 Å². The SMILES string of the molecule is CCOC(=O)Cc1c(O)ccc(C(F)(F)F)c1C#N. The smallest absolute Gasteiger partial charge is 0.417 e. The molecule has 0 bridgehead atoms. The quantitative estimate of drug-likeness (QED) is 0.858. The third-order valence-corrected chi connectivity index (χ3v) is 2.33. The van der Waals surface area contributed by atoms with E-state index in [1.165, 1.54) is 13.0 Å². The molecule has 1 N–H and O–H groups in total. The lowest BCUT2D eigenvalue weighted by atomic mass is 9.98. The van der Waals surface area contributed by atoms with Crippen molar-refractivity contribution in [3.8, 4) is 11.8 Å². The van der Waals surface area contributed by atoms with Gasteiger partial charge >= 0.3 is 12.1 Å². The molecule has 102 valence electrons. The first-order valence-electron chi connectivity index (χ1n) is 5.29. The molecule has 0 atom stereocenters. The molecule has 0 heterocycles. The highest BCUT2D eigenvalue weighted by molar-refractivity contribution is 5.75. The van der Waals surface area contributed by atoms with Crippen LogP contribution in [0.2, 0.25) is 0 Å². The fourth-order valence-corrected chi connectivity index (χ4v) is 1.54. The van der Waals surface area contributed by atoms with Gasteiger partial charge in [-0.3, -0.25) is 4.79 Å². The molecule has 0 aliphatic heterocycles. The maximum absolute atomic E-state index is 12.7. The second-order valence-corrected chi connectivity index (χ2v) is 3.58. The minimum atomic E-state index is -4.73. The number of esters is 1. The maximum Gasteiger partial charge on any atom is 0.417 e. The average molecular weight is 273 g/mol. The van der Waals surface area contributed by atoms with Crippen molar-refractivity contribution in [2.75, 3.05) is 6.61 Å². The lowest BCUT2D eigenvalue weighted by Crippen LogP contribution is -2.13. The van der Waals surface area contributed by atoms with E-state index in [2.05, 4.69) is 4.74 Å². The summed E-state index contributed by atoms with van der Waals surface area (Å²) in [6.45, 7) is 1.59. The molecule has 0 aliphatic carbocycles. The number of benzene rings is 1. The van der Waals surface area contributed by atoms with E-state index < -0.39 is 35.4 Å². The summed E-state index contributed by atoms with van der Waals surface area (Å²) in [6.07, 6.45) is -5.32. The fraction of sp³-hybridized carbons (Fsp3) is 0.333. The highest BCUT2D eigenvalue weighted by atomic mass is 19.4. The first-order chi connectivity index (χ1) is 8.81. The number of alkyl halides is 3. The molecule has 1 rings (SSSR count). The molecule has 1 aromatic rings. The molecule has 0 unspecified atom stereocenters. The number of hydrogen-bond donors (Lipinski definition) is 1. The van der Waals surface area contributed by atoms with Crippen LogP contribution in [0, 0.1) is 11.3 Å². The zero-order valence-electron chi connectivity index (χ0n) is 9.91. The summed E-state index contributed by atoms with van der Waals surface area (Å²) in [5, 5.41) is 18.3. The topological polar surface area (TPSA) is 70.3 Å². The van der Waals surface area contributed by atoms with E-state index >= 15 is 0 Å². The zero-order valence-corrected chi connectivity index (χ0v) is 9.91. The third kappa shape index (κ3) is 3.37. The monoisotopic (exact) mass is 273 g/mol. The van der Waals surface area contributed by atoms with Gasteiger partial charge in [0, 0.05) is 5.56 Å². The van der Waals surface area contributed by atoms with Crippen LogP contribution in [0.1, 0.15) is 23.6 Å². The van der Waals surface area contributed by atoms with Gasteiger partial charge in [0.25, 0.3) is 0 Å². The molecule has 4 nitrogen and oxygen atoms in total. The number of carbonyl (C=O) groups excluding carboxylic acids is 1. The van der Waals surface area contributed by atoms with Crippen LogP contribution in [0.3, 0.4) is 0 Å². The zero-order chi connectivity index (χ0) is 14.6. The van der Waals surface area contributed by atoms with Gasteiger partial charge in [0.1, 0.15) is 11.8 Å². The van der Waals surface area contributed by atoms with Crippen LogP contribution in [0.25, 0.3) is 0 Å². The normalized spacial score (nSPS) is 10.9. The molecule has 1 aromatic carbocycles. The van der Waals surface area contributed by atoms with Gasteiger partial charge in [-0.25, -0.2) is 0 Å². The highest BCUT2D eigenvalue weighted by Crippen LogP contribution is 2.36. The predicted molar refractivity (Wildman–Crippen MR) is 58.2 cm³/mol. The van der Waals surface area contributed by atoms with Crippen molar-refractivity contribution >= 4 is 5.97 Å². The number of phenols is 1. The second-order valence-electron chi connectivity index (χ2n) is 3.58. The lowest BCUT2D eigenvalue weighted by molar-refractivity contribution is -0.142. The Kier molecular flexibility index (Phi) is 4.38. The number of ether oxygens (including phenoxy) is 1. The van der Waals surface area contributed by atoms with Crippen molar-refractivity contribution in [1.29, 1.82) is 5.26 Å². The van der Waals surface area contributed by atoms with Crippen LogP contribution in [0.5, 0.6) is 5.75 Å².